The van der Waals surface area contributed by atoms with Gasteiger partial charge in [-0.25, -0.2) is 0 Å². The first-order valence-corrected chi connectivity index (χ1v) is 6.61. The van der Waals surface area contributed by atoms with Gasteiger partial charge in [0, 0.05) is 11.1 Å². The molecule has 0 amide bonds. The van der Waals surface area contributed by atoms with E-state index in [2.05, 4.69) is 0 Å². The lowest BCUT2D eigenvalue weighted by atomic mass is 9.97. The van der Waals surface area contributed by atoms with Crippen molar-refractivity contribution >= 4 is 5.78 Å². The van der Waals surface area contributed by atoms with Crippen LogP contribution >= 0.6 is 0 Å². The van der Waals surface area contributed by atoms with Crippen LogP contribution in [0.2, 0.25) is 0 Å². The van der Waals surface area contributed by atoms with Crippen molar-refractivity contribution in [3.8, 4) is 5.75 Å². The fourth-order valence-electron chi connectivity index (χ4n) is 1.92. The van der Waals surface area contributed by atoms with Crippen molar-refractivity contribution in [2.75, 3.05) is 13.2 Å². The summed E-state index contributed by atoms with van der Waals surface area (Å²) in [6, 6.07) is 6.80. The van der Waals surface area contributed by atoms with Crippen LogP contribution < -0.4 is 4.74 Å². The second kappa shape index (κ2) is 7.03. The Morgan fingerprint density at radius 2 is 2.00 bits per heavy atom. The van der Waals surface area contributed by atoms with Gasteiger partial charge < -0.3 is 14.9 Å². The zero-order valence-electron chi connectivity index (χ0n) is 11.2. The minimum absolute atomic E-state index is 0.0275. The number of carbonyl (C=O) groups is 1. The molecule has 1 atom stereocenters. The molecule has 0 bridgehead atoms. The number of aliphatic hydroxyl groups is 2. The van der Waals surface area contributed by atoms with Crippen LogP contribution in [0.5, 0.6) is 5.75 Å². The summed E-state index contributed by atoms with van der Waals surface area (Å²) in [6.07, 6.45) is 6.59. The largest absolute Gasteiger partial charge is 0.491 e. The molecule has 1 aromatic carbocycles. The molecule has 2 rings (SSSR count). The van der Waals surface area contributed by atoms with Crippen molar-refractivity contribution in [2.24, 2.45) is 0 Å². The Balaban J connectivity index is 1.97. The van der Waals surface area contributed by atoms with Crippen molar-refractivity contribution in [3.05, 3.63) is 53.6 Å². The number of rotatable bonds is 6. The number of allylic oxidation sites excluding steroid dienone is 4. The van der Waals surface area contributed by atoms with E-state index in [4.69, 9.17) is 9.84 Å². The molecule has 1 aliphatic rings. The van der Waals surface area contributed by atoms with Gasteiger partial charge >= 0.3 is 0 Å². The number of carbonyl (C=O) groups excluding carboxylic acids is 1. The third-order valence-corrected chi connectivity index (χ3v) is 3.07. The van der Waals surface area contributed by atoms with E-state index in [-0.39, 0.29) is 19.0 Å². The predicted molar refractivity (Wildman–Crippen MR) is 75.8 cm³/mol. The molecule has 0 fully saturated rings. The average molecular weight is 274 g/mol. The summed E-state index contributed by atoms with van der Waals surface area (Å²) < 4.78 is 5.29. The Labute approximate surface area is 118 Å². The lowest BCUT2D eigenvalue weighted by molar-refractivity contribution is 0.0536. The van der Waals surface area contributed by atoms with Crippen molar-refractivity contribution in [3.63, 3.8) is 0 Å². The van der Waals surface area contributed by atoms with Crippen molar-refractivity contribution in [1.29, 1.82) is 0 Å². The van der Waals surface area contributed by atoms with Gasteiger partial charge in [-0.15, -0.1) is 0 Å². The van der Waals surface area contributed by atoms with Crippen LogP contribution in [0.15, 0.2) is 48.1 Å². The Morgan fingerprint density at radius 1 is 1.25 bits per heavy atom. The third kappa shape index (κ3) is 3.79. The van der Waals surface area contributed by atoms with Crippen LogP contribution in [-0.2, 0) is 0 Å². The first-order valence-electron chi connectivity index (χ1n) is 6.61. The summed E-state index contributed by atoms with van der Waals surface area (Å²) >= 11 is 0. The monoisotopic (exact) mass is 274 g/mol. The second-order valence-corrected chi connectivity index (χ2v) is 4.64. The van der Waals surface area contributed by atoms with Crippen molar-refractivity contribution in [2.45, 2.75) is 18.9 Å². The van der Waals surface area contributed by atoms with Gasteiger partial charge in [0.15, 0.2) is 5.78 Å². The van der Waals surface area contributed by atoms with Gasteiger partial charge in [0.25, 0.3) is 0 Å². The summed E-state index contributed by atoms with van der Waals surface area (Å²) in [4.78, 5) is 12.2. The van der Waals surface area contributed by atoms with Gasteiger partial charge in [0.2, 0.25) is 0 Å². The van der Waals surface area contributed by atoms with Crippen LogP contribution in [0.25, 0.3) is 0 Å². The van der Waals surface area contributed by atoms with Crippen LogP contribution in [0.4, 0.5) is 0 Å². The third-order valence-electron chi connectivity index (χ3n) is 3.07. The number of benzene rings is 1. The second-order valence-electron chi connectivity index (χ2n) is 4.64. The zero-order valence-corrected chi connectivity index (χ0v) is 11.2. The van der Waals surface area contributed by atoms with E-state index in [9.17, 15) is 9.90 Å². The molecule has 0 saturated heterocycles. The lowest BCUT2D eigenvalue weighted by Gasteiger charge is -2.11. The smallest absolute Gasteiger partial charge is 0.189 e. The number of hydrogen-bond donors (Lipinski definition) is 2. The van der Waals surface area contributed by atoms with Crippen molar-refractivity contribution in [1.82, 2.24) is 0 Å². The molecule has 0 aromatic heterocycles. The van der Waals surface area contributed by atoms with E-state index in [0.717, 1.165) is 12.0 Å². The Bertz CT molecular complexity index is 514. The fraction of sp³-hybridized carbons (Fsp3) is 0.312. The predicted octanol–water partition coefficient (Wildman–Crippen LogP) is 1.88. The number of aliphatic hydroxyl groups excluding tert-OH is 2. The summed E-state index contributed by atoms with van der Waals surface area (Å²) in [5, 5.41) is 17.9. The van der Waals surface area contributed by atoms with Gasteiger partial charge in [0.05, 0.1) is 6.61 Å². The SMILES string of the molecule is O=C(C1=CCC=CC1)c1ccc(OCC(O)CO)cc1. The van der Waals surface area contributed by atoms with E-state index >= 15 is 0 Å². The highest BCUT2D eigenvalue weighted by atomic mass is 16.5. The Hall–Kier alpha value is -1.91. The lowest BCUT2D eigenvalue weighted by Crippen LogP contribution is -2.21. The highest BCUT2D eigenvalue weighted by molar-refractivity contribution is 6.09. The van der Waals surface area contributed by atoms with Gasteiger partial charge in [-0.05, 0) is 37.1 Å². The van der Waals surface area contributed by atoms with Crippen LogP contribution in [0, 0.1) is 0 Å². The molecule has 4 nitrogen and oxygen atoms in total. The maximum Gasteiger partial charge on any atom is 0.189 e. The molecular weight excluding hydrogens is 256 g/mol. The first kappa shape index (κ1) is 14.5. The standard InChI is InChI=1S/C16H18O4/c17-10-14(18)11-20-15-8-6-13(7-9-15)16(19)12-4-2-1-3-5-12/h1-2,5-9,14,17-18H,3-4,10-11H2. The molecule has 0 spiro atoms. The maximum absolute atomic E-state index is 12.2. The Kier molecular flexibility index (Phi) is 5.09. The minimum atomic E-state index is -0.893. The number of ether oxygens (including phenoxy) is 1. The molecular formula is C16H18O4. The van der Waals surface area contributed by atoms with Gasteiger partial charge in [-0.1, -0.05) is 18.2 Å². The number of Topliss-reactive ketones (excluding diaryl/α,β-unsaturated/α-hetero) is 1. The van der Waals surface area contributed by atoms with E-state index in [1.807, 2.05) is 18.2 Å². The quantitative estimate of drug-likeness (QED) is 0.614. The van der Waals surface area contributed by atoms with E-state index in [1.54, 1.807) is 24.3 Å². The molecule has 106 valence electrons. The van der Waals surface area contributed by atoms with Crippen LogP contribution in [0.3, 0.4) is 0 Å². The highest BCUT2D eigenvalue weighted by Crippen LogP contribution is 2.19. The van der Waals surface area contributed by atoms with Gasteiger partial charge in [0.1, 0.15) is 18.5 Å². The van der Waals surface area contributed by atoms with E-state index in [0.29, 0.717) is 17.7 Å². The van der Waals surface area contributed by atoms with E-state index in [1.165, 1.54) is 0 Å². The molecule has 0 radical (unpaired) electrons. The molecule has 2 N–H and O–H groups in total. The Morgan fingerprint density at radius 3 is 2.60 bits per heavy atom. The van der Waals surface area contributed by atoms with Gasteiger partial charge in [-0.2, -0.15) is 0 Å². The topological polar surface area (TPSA) is 66.8 Å². The van der Waals surface area contributed by atoms with Crippen LogP contribution in [0.1, 0.15) is 23.2 Å². The summed E-state index contributed by atoms with van der Waals surface area (Å²) in [5.41, 5.74) is 1.44. The van der Waals surface area contributed by atoms with Gasteiger partial charge in [-0.3, -0.25) is 4.79 Å². The molecule has 0 aliphatic heterocycles. The number of hydrogen-bond acceptors (Lipinski definition) is 4. The summed E-state index contributed by atoms with van der Waals surface area (Å²) in [7, 11) is 0. The average Bonchev–Trinajstić information content (AvgIpc) is 2.53. The fourth-order valence-corrected chi connectivity index (χ4v) is 1.92. The number of ketones is 1. The highest BCUT2D eigenvalue weighted by Gasteiger charge is 2.12. The summed E-state index contributed by atoms with van der Waals surface area (Å²) in [5.74, 6) is 0.600. The molecule has 0 heterocycles. The molecule has 1 aromatic rings. The maximum atomic E-state index is 12.2. The molecule has 20 heavy (non-hydrogen) atoms. The summed E-state index contributed by atoms with van der Waals surface area (Å²) in [6.45, 7) is -0.308. The molecule has 0 saturated carbocycles. The molecule has 1 unspecified atom stereocenters. The first-order chi connectivity index (χ1) is 9.70. The molecule has 4 heteroatoms. The van der Waals surface area contributed by atoms with Crippen LogP contribution in [-0.4, -0.2) is 35.3 Å². The molecule has 1 aliphatic carbocycles. The normalized spacial score (nSPS) is 15.6. The van der Waals surface area contributed by atoms with Crippen molar-refractivity contribution < 1.29 is 19.7 Å². The van der Waals surface area contributed by atoms with E-state index < -0.39 is 6.10 Å². The minimum Gasteiger partial charge on any atom is -0.491 e. The zero-order chi connectivity index (χ0) is 14.4.